The number of nitrogens with zero attached hydrogens (tertiary/aromatic N) is 5. The molecule has 0 saturated carbocycles. The summed E-state index contributed by atoms with van der Waals surface area (Å²) in [6, 6.07) is 15.8. The van der Waals surface area contributed by atoms with Crippen molar-refractivity contribution in [3.8, 4) is 34.2 Å². The topological polar surface area (TPSA) is 69.6 Å². The van der Waals surface area contributed by atoms with Gasteiger partial charge in [0.1, 0.15) is 16.4 Å². The van der Waals surface area contributed by atoms with Crippen LogP contribution in [0, 0.1) is 6.92 Å². The number of hydrogen-bond donors (Lipinski definition) is 0. The van der Waals surface area contributed by atoms with E-state index in [0.717, 1.165) is 43.3 Å². The largest absolute Gasteiger partial charge is 0.342 e. The summed E-state index contributed by atoms with van der Waals surface area (Å²) < 4.78 is 6.95. The fraction of sp³-hybridized carbons (Fsp3) is 0.0909. The molecule has 0 saturated heterocycles. The summed E-state index contributed by atoms with van der Waals surface area (Å²) >= 11 is 9.33. The molecule has 5 aromatic rings. The van der Waals surface area contributed by atoms with Crippen molar-refractivity contribution < 1.29 is 4.52 Å². The van der Waals surface area contributed by atoms with Crippen LogP contribution in [-0.4, -0.2) is 24.7 Å². The molecule has 6 nitrogen and oxygen atoms in total. The second kappa shape index (κ2) is 8.30. The molecule has 9 heteroatoms. The van der Waals surface area contributed by atoms with Crippen molar-refractivity contribution >= 4 is 34.7 Å². The first kappa shape index (κ1) is 20.0. The second-order valence-corrected chi connectivity index (χ2v) is 9.35. The normalized spacial score (nSPS) is 11.2. The Morgan fingerprint density at radius 3 is 2.39 bits per heavy atom. The van der Waals surface area contributed by atoms with Gasteiger partial charge in [0.15, 0.2) is 5.82 Å². The molecule has 0 amide bonds. The molecule has 0 unspecified atom stereocenters. The molecule has 3 aromatic heterocycles. The lowest BCUT2D eigenvalue weighted by atomic mass is 10.1. The first-order valence-electron chi connectivity index (χ1n) is 9.38. The molecule has 0 bridgehead atoms. The van der Waals surface area contributed by atoms with Crippen molar-refractivity contribution in [3.63, 3.8) is 0 Å². The van der Waals surface area contributed by atoms with Crippen LogP contribution in [-0.2, 0) is 7.05 Å². The molecule has 3 heterocycles. The minimum atomic E-state index is 0.557. The third kappa shape index (κ3) is 4.01. The zero-order chi connectivity index (χ0) is 21.4. The van der Waals surface area contributed by atoms with E-state index in [2.05, 4.69) is 19.7 Å². The van der Waals surface area contributed by atoms with E-state index in [1.165, 1.54) is 6.39 Å². The molecule has 0 radical (unpaired) electrons. The van der Waals surface area contributed by atoms with Gasteiger partial charge in [0.2, 0.25) is 12.2 Å². The van der Waals surface area contributed by atoms with Gasteiger partial charge >= 0.3 is 0 Å². The molecular formula is C22H16ClN5OS2. The van der Waals surface area contributed by atoms with E-state index in [0.29, 0.717) is 10.8 Å². The third-order valence-electron chi connectivity index (χ3n) is 4.70. The third-order valence-corrected chi connectivity index (χ3v) is 6.89. The minimum absolute atomic E-state index is 0.557. The van der Waals surface area contributed by atoms with E-state index in [9.17, 15) is 0 Å². The highest BCUT2D eigenvalue weighted by atomic mass is 35.5. The first-order chi connectivity index (χ1) is 15.1. The number of thiazole rings is 1. The van der Waals surface area contributed by atoms with Gasteiger partial charge in [-0.1, -0.05) is 52.8 Å². The van der Waals surface area contributed by atoms with Crippen LogP contribution in [0.5, 0.6) is 0 Å². The van der Waals surface area contributed by atoms with E-state index in [-0.39, 0.29) is 0 Å². The molecule has 0 fully saturated rings. The van der Waals surface area contributed by atoms with Crippen molar-refractivity contribution in [2.24, 2.45) is 7.05 Å². The smallest absolute Gasteiger partial charge is 0.214 e. The number of halogens is 1. The van der Waals surface area contributed by atoms with Crippen molar-refractivity contribution in [3.05, 3.63) is 70.3 Å². The fourth-order valence-corrected chi connectivity index (χ4v) is 4.87. The number of rotatable bonds is 5. The van der Waals surface area contributed by atoms with Crippen LogP contribution in [0.25, 0.3) is 34.2 Å². The predicted octanol–water partition coefficient (Wildman–Crippen LogP) is 6.37. The molecule has 154 valence electrons. The highest BCUT2D eigenvalue weighted by Crippen LogP contribution is 2.39. The number of aromatic nitrogens is 5. The average molecular weight is 466 g/mol. The molecule has 0 spiro atoms. The van der Waals surface area contributed by atoms with Crippen LogP contribution in [0.15, 0.2) is 74.7 Å². The van der Waals surface area contributed by atoms with E-state index < -0.39 is 0 Å². The van der Waals surface area contributed by atoms with Crippen LogP contribution < -0.4 is 0 Å². The number of hydrogen-bond acceptors (Lipinski definition) is 7. The SMILES string of the molecule is Cc1nc(-c2nc(-c3ccc(-c4ncon4)cc3)c(Sc3ccc(Cl)cc3)n2C)cs1. The van der Waals surface area contributed by atoms with Crippen molar-refractivity contribution in [1.29, 1.82) is 0 Å². The molecule has 31 heavy (non-hydrogen) atoms. The Hall–Kier alpha value is -2.94. The van der Waals surface area contributed by atoms with Gasteiger partial charge in [0, 0.05) is 33.5 Å². The zero-order valence-corrected chi connectivity index (χ0v) is 19.0. The lowest BCUT2D eigenvalue weighted by Crippen LogP contribution is -1.95. The molecule has 0 aliphatic rings. The van der Waals surface area contributed by atoms with Gasteiger partial charge in [-0.25, -0.2) is 9.97 Å². The van der Waals surface area contributed by atoms with Crippen molar-refractivity contribution in [1.82, 2.24) is 24.7 Å². The molecule has 0 N–H and O–H groups in total. The summed E-state index contributed by atoms with van der Waals surface area (Å²) in [4.78, 5) is 14.8. The van der Waals surface area contributed by atoms with Gasteiger partial charge in [0.05, 0.1) is 5.01 Å². The van der Waals surface area contributed by atoms with Gasteiger partial charge in [0.25, 0.3) is 0 Å². The molecule has 0 atom stereocenters. The Morgan fingerprint density at radius 1 is 1.00 bits per heavy atom. The van der Waals surface area contributed by atoms with Gasteiger partial charge < -0.3 is 9.09 Å². The lowest BCUT2D eigenvalue weighted by molar-refractivity contribution is 0.419. The second-order valence-electron chi connectivity index (χ2n) is 6.79. The molecule has 0 aliphatic heterocycles. The molecule has 5 rings (SSSR count). The Balaban J connectivity index is 1.59. The van der Waals surface area contributed by atoms with Crippen molar-refractivity contribution in [2.75, 3.05) is 0 Å². The first-order valence-corrected chi connectivity index (χ1v) is 11.5. The average Bonchev–Trinajstić information content (AvgIpc) is 3.52. The van der Waals surface area contributed by atoms with E-state index in [4.69, 9.17) is 21.1 Å². The number of imidazole rings is 1. The maximum Gasteiger partial charge on any atom is 0.214 e. The van der Waals surface area contributed by atoms with Crippen LogP contribution in [0.1, 0.15) is 5.01 Å². The Labute approximate surface area is 191 Å². The van der Waals surface area contributed by atoms with Gasteiger partial charge in [-0.15, -0.1) is 11.3 Å². The summed E-state index contributed by atoms with van der Waals surface area (Å²) in [5, 5.41) is 8.69. The van der Waals surface area contributed by atoms with Gasteiger partial charge in [-0.3, -0.25) is 0 Å². The Kier molecular flexibility index (Phi) is 5.35. The number of aryl methyl sites for hydroxylation is 1. The summed E-state index contributed by atoms with van der Waals surface area (Å²) in [5.74, 6) is 1.39. The van der Waals surface area contributed by atoms with Crippen LogP contribution in [0.3, 0.4) is 0 Å². The molecule has 2 aromatic carbocycles. The molecular weight excluding hydrogens is 450 g/mol. The standard InChI is InChI=1S/C22H16ClN5OS2/c1-13-25-18(11-30-13)21-26-19(14-3-5-15(6-4-14)20-24-12-29-27-20)22(28(21)2)31-17-9-7-16(23)8-10-17/h3-12H,1-2H3. The van der Waals surface area contributed by atoms with Crippen molar-refractivity contribution in [2.45, 2.75) is 16.8 Å². The minimum Gasteiger partial charge on any atom is -0.342 e. The Bertz CT molecular complexity index is 1330. The van der Waals surface area contributed by atoms with E-state index in [1.54, 1.807) is 23.1 Å². The predicted molar refractivity (Wildman–Crippen MR) is 123 cm³/mol. The van der Waals surface area contributed by atoms with Crippen LogP contribution in [0.2, 0.25) is 5.02 Å². The lowest BCUT2D eigenvalue weighted by Gasteiger charge is -2.07. The van der Waals surface area contributed by atoms with Gasteiger partial charge in [-0.05, 0) is 31.2 Å². The quantitative estimate of drug-likeness (QED) is 0.300. The summed E-state index contributed by atoms with van der Waals surface area (Å²) in [5.41, 5.74) is 3.65. The monoisotopic (exact) mass is 465 g/mol. The number of benzene rings is 2. The maximum atomic E-state index is 6.07. The van der Waals surface area contributed by atoms with Crippen LogP contribution in [0.4, 0.5) is 0 Å². The molecule has 0 aliphatic carbocycles. The highest BCUT2D eigenvalue weighted by molar-refractivity contribution is 7.99. The summed E-state index contributed by atoms with van der Waals surface area (Å²) in [7, 11) is 2.02. The van der Waals surface area contributed by atoms with Crippen LogP contribution >= 0.6 is 34.7 Å². The van der Waals surface area contributed by atoms with Gasteiger partial charge in [-0.2, -0.15) is 4.98 Å². The highest BCUT2D eigenvalue weighted by Gasteiger charge is 2.20. The Morgan fingerprint density at radius 2 is 1.74 bits per heavy atom. The maximum absolute atomic E-state index is 6.07. The fourth-order valence-electron chi connectivity index (χ4n) is 3.17. The zero-order valence-electron chi connectivity index (χ0n) is 16.6. The van der Waals surface area contributed by atoms with E-state index >= 15 is 0 Å². The van der Waals surface area contributed by atoms with E-state index in [1.807, 2.05) is 67.9 Å². The summed E-state index contributed by atoms with van der Waals surface area (Å²) in [6.07, 6.45) is 1.32. The summed E-state index contributed by atoms with van der Waals surface area (Å²) in [6.45, 7) is 2.00.